The van der Waals surface area contributed by atoms with Crippen molar-refractivity contribution in [2.75, 3.05) is 10.6 Å². The van der Waals surface area contributed by atoms with Crippen LogP contribution in [0, 0.1) is 5.82 Å². The van der Waals surface area contributed by atoms with Crippen molar-refractivity contribution in [2.45, 2.75) is 6.42 Å². The molecule has 35 heavy (non-hydrogen) atoms. The summed E-state index contributed by atoms with van der Waals surface area (Å²) in [7, 11) is 1.58. The van der Waals surface area contributed by atoms with Gasteiger partial charge in [-0.05, 0) is 35.9 Å². The maximum Gasteiger partial charge on any atom is 0.274 e. The first-order valence-electron chi connectivity index (χ1n) is 10.3. The van der Waals surface area contributed by atoms with E-state index in [2.05, 4.69) is 31.0 Å². The molecule has 176 valence electrons. The molecule has 0 fully saturated rings. The third kappa shape index (κ3) is 4.77. The number of aryl methyl sites for hydroxylation is 1. The normalized spacial score (nSPS) is 11.1. The van der Waals surface area contributed by atoms with Crippen LogP contribution in [0.15, 0.2) is 59.7 Å². The zero-order valence-corrected chi connectivity index (χ0v) is 19.7. The number of pyridine rings is 1. The Labute approximate surface area is 206 Å². The number of anilines is 3. The Balaban J connectivity index is 1.36. The van der Waals surface area contributed by atoms with Crippen LogP contribution in [0.2, 0.25) is 5.02 Å². The Kier molecular flexibility index (Phi) is 6.01. The van der Waals surface area contributed by atoms with Crippen LogP contribution in [-0.4, -0.2) is 30.9 Å². The number of hydrogen-bond acceptors (Lipinski definition) is 7. The average molecular weight is 510 g/mol. The SMILES string of the molecule is Cn1cc(-c2nnc(Nc3ccc4[nH]ncc4c3Cl)s2)cc(NC(=O)Cc2ccc(F)cc2)c1=O. The fourth-order valence-electron chi connectivity index (χ4n) is 3.49. The summed E-state index contributed by atoms with van der Waals surface area (Å²) >= 11 is 7.73. The highest BCUT2D eigenvalue weighted by Crippen LogP contribution is 2.34. The predicted molar refractivity (Wildman–Crippen MR) is 134 cm³/mol. The van der Waals surface area contributed by atoms with E-state index >= 15 is 0 Å². The van der Waals surface area contributed by atoms with Gasteiger partial charge in [0.15, 0.2) is 5.01 Å². The molecular weight excluding hydrogens is 493 g/mol. The van der Waals surface area contributed by atoms with E-state index < -0.39 is 5.91 Å². The summed E-state index contributed by atoms with van der Waals surface area (Å²) in [5.74, 6) is -0.777. The van der Waals surface area contributed by atoms with Crippen molar-refractivity contribution in [3.63, 3.8) is 0 Å². The lowest BCUT2D eigenvalue weighted by molar-refractivity contribution is -0.115. The quantitative estimate of drug-likeness (QED) is 0.310. The Hall–Kier alpha value is -4.09. The number of hydrogen-bond donors (Lipinski definition) is 3. The molecule has 0 saturated carbocycles. The van der Waals surface area contributed by atoms with Gasteiger partial charge in [0.1, 0.15) is 11.5 Å². The highest BCUT2D eigenvalue weighted by atomic mass is 35.5. The van der Waals surface area contributed by atoms with Gasteiger partial charge in [-0.3, -0.25) is 14.7 Å². The maximum absolute atomic E-state index is 13.1. The molecule has 0 bridgehead atoms. The van der Waals surface area contributed by atoms with E-state index in [1.807, 2.05) is 12.1 Å². The lowest BCUT2D eigenvalue weighted by Crippen LogP contribution is -2.25. The van der Waals surface area contributed by atoms with Crippen LogP contribution in [0.1, 0.15) is 5.56 Å². The lowest BCUT2D eigenvalue weighted by atomic mass is 10.1. The second-order valence-corrected chi connectivity index (χ2v) is 9.06. The molecule has 0 saturated heterocycles. The van der Waals surface area contributed by atoms with E-state index in [1.54, 1.807) is 25.5 Å². The molecule has 0 spiro atoms. The molecule has 0 atom stereocenters. The first-order valence-corrected chi connectivity index (χ1v) is 11.5. The number of H-pyrrole nitrogens is 1. The van der Waals surface area contributed by atoms with Crippen molar-refractivity contribution in [1.82, 2.24) is 25.0 Å². The van der Waals surface area contributed by atoms with Crippen molar-refractivity contribution in [3.05, 3.63) is 81.6 Å². The number of aromatic nitrogens is 5. The monoisotopic (exact) mass is 509 g/mol. The molecule has 0 aliphatic carbocycles. The minimum atomic E-state index is -0.394. The standard InChI is InChI=1S/C23H17ClFN7O2S/c1-32-11-13(9-18(22(32)34)27-19(33)8-12-2-4-14(25)5-3-12)21-30-31-23(35-21)28-17-7-6-16-15(20(17)24)10-26-29-16/h2-7,9-11H,8H2,1H3,(H,26,29)(H,27,33)(H,28,31). The number of carbonyl (C=O) groups is 1. The molecule has 5 aromatic rings. The molecule has 0 aliphatic heterocycles. The fraction of sp³-hybridized carbons (Fsp3) is 0.0870. The van der Waals surface area contributed by atoms with Crippen LogP contribution < -0.4 is 16.2 Å². The molecule has 2 aromatic carbocycles. The van der Waals surface area contributed by atoms with Gasteiger partial charge in [0.05, 0.1) is 28.8 Å². The number of benzene rings is 2. The van der Waals surface area contributed by atoms with Crippen molar-refractivity contribution < 1.29 is 9.18 Å². The van der Waals surface area contributed by atoms with E-state index in [0.29, 0.717) is 32.0 Å². The number of nitrogens with zero attached hydrogens (tertiary/aromatic N) is 4. The molecule has 12 heteroatoms. The molecule has 0 aliphatic rings. The summed E-state index contributed by atoms with van der Waals surface area (Å²) in [6.45, 7) is 0. The van der Waals surface area contributed by atoms with Crippen LogP contribution >= 0.6 is 22.9 Å². The molecule has 9 nitrogen and oxygen atoms in total. The largest absolute Gasteiger partial charge is 0.329 e. The molecule has 3 aromatic heterocycles. The van der Waals surface area contributed by atoms with E-state index in [-0.39, 0.29) is 23.5 Å². The van der Waals surface area contributed by atoms with Crippen LogP contribution in [-0.2, 0) is 18.3 Å². The number of nitrogens with one attached hydrogen (secondary N) is 3. The number of aromatic amines is 1. The molecule has 5 rings (SSSR count). The van der Waals surface area contributed by atoms with Crippen molar-refractivity contribution in [2.24, 2.45) is 7.05 Å². The number of halogens is 2. The van der Waals surface area contributed by atoms with Gasteiger partial charge in [0, 0.05) is 24.2 Å². The van der Waals surface area contributed by atoms with Crippen LogP contribution in [0.5, 0.6) is 0 Å². The number of fused-ring (bicyclic) bond motifs is 1. The molecular formula is C23H17ClFN7O2S. The Morgan fingerprint density at radius 1 is 1.17 bits per heavy atom. The molecule has 3 heterocycles. The van der Waals surface area contributed by atoms with Crippen molar-refractivity contribution >= 4 is 56.3 Å². The first-order chi connectivity index (χ1) is 16.9. The smallest absolute Gasteiger partial charge is 0.274 e. The van der Waals surface area contributed by atoms with Crippen LogP contribution in [0.4, 0.5) is 20.9 Å². The van der Waals surface area contributed by atoms with Crippen LogP contribution in [0.25, 0.3) is 21.5 Å². The van der Waals surface area contributed by atoms with Gasteiger partial charge in [-0.15, -0.1) is 10.2 Å². The van der Waals surface area contributed by atoms with Gasteiger partial charge in [-0.2, -0.15) is 5.10 Å². The summed E-state index contributed by atoms with van der Waals surface area (Å²) in [4.78, 5) is 25.1. The second kappa shape index (κ2) is 9.28. The summed E-state index contributed by atoms with van der Waals surface area (Å²) in [6.07, 6.45) is 3.26. The summed E-state index contributed by atoms with van der Waals surface area (Å²) in [5.41, 5.74) is 2.44. The number of amides is 1. The first kappa shape index (κ1) is 22.7. The lowest BCUT2D eigenvalue weighted by Gasteiger charge is -2.09. The summed E-state index contributed by atoms with van der Waals surface area (Å²) < 4.78 is 14.5. The third-order valence-electron chi connectivity index (χ3n) is 5.21. The minimum Gasteiger partial charge on any atom is -0.329 e. The number of rotatable bonds is 6. The average Bonchev–Trinajstić information content (AvgIpc) is 3.50. The minimum absolute atomic E-state index is 0.00229. The van der Waals surface area contributed by atoms with Crippen molar-refractivity contribution in [1.29, 1.82) is 0 Å². The van der Waals surface area contributed by atoms with Crippen molar-refractivity contribution in [3.8, 4) is 10.6 Å². The van der Waals surface area contributed by atoms with Gasteiger partial charge in [0.2, 0.25) is 11.0 Å². The predicted octanol–water partition coefficient (Wildman–Crippen LogP) is 4.50. The van der Waals surface area contributed by atoms with E-state index in [9.17, 15) is 14.0 Å². The van der Waals surface area contributed by atoms with E-state index in [1.165, 1.54) is 40.2 Å². The van der Waals surface area contributed by atoms with E-state index in [4.69, 9.17) is 11.6 Å². The maximum atomic E-state index is 13.1. The topological polar surface area (TPSA) is 118 Å². The molecule has 0 radical (unpaired) electrons. The zero-order chi connectivity index (χ0) is 24.5. The number of carbonyl (C=O) groups excluding carboxylic acids is 1. The van der Waals surface area contributed by atoms with E-state index in [0.717, 1.165) is 10.9 Å². The fourth-order valence-corrected chi connectivity index (χ4v) is 4.48. The van der Waals surface area contributed by atoms with Gasteiger partial charge in [0.25, 0.3) is 5.56 Å². The third-order valence-corrected chi connectivity index (χ3v) is 6.50. The van der Waals surface area contributed by atoms with Gasteiger partial charge in [-0.1, -0.05) is 35.1 Å². The Morgan fingerprint density at radius 2 is 1.97 bits per heavy atom. The van der Waals surface area contributed by atoms with Gasteiger partial charge in [-0.25, -0.2) is 4.39 Å². The zero-order valence-electron chi connectivity index (χ0n) is 18.2. The second-order valence-electron chi connectivity index (χ2n) is 7.71. The molecule has 3 N–H and O–H groups in total. The summed E-state index contributed by atoms with van der Waals surface area (Å²) in [5, 5.41) is 23.4. The molecule has 0 unspecified atom stereocenters. The van der Waals surface area contributed by atoms with Gasteiger partial charge >= 0.3 is 0 Å². The Morgan fingerprint density at radius 3 is 2.77 bits per heavy atom. The molecule has 1 amide bonds. The summed E-state index contributed by atoms with van der Waals surface area (Å²) in [6, 6.07) is 10.8. The van der Waals surface area contributed by atoms with Gasteiger partial charge < -0.3 is 15.2 Å². The van der Waals surface area contributed by atoms with Crippen LogP contribution in [0.3, 0.4) is 0 Å². The Bertz CT molecular complexity index is 1610. The highest BCUT2D eigenvalue weighted by Gasteiger charge is 2.15. The highest BCUT2D eigenvalue weighted by molar-refractivity contribution is 7.18.